The molecule has 4 heteroatoms. The second-order valence-corrected chi connectivity index (χ2v) is 4.68. The van der Waals surface area contributed by atoms with Gasteiger partial charge in [0.2, 0.25) is 0 Å². The van der Waals surface area contributed by atoms with Gasteiger partial charge in [-0.1, -0.05) is 24.6 Å². The maximum Gasteiger partial charge on any atom is 0.129 e. The summed E-state index contributed by atoms with van der Waals surface area (Å²) in [4.78, 5) is 4.10. The average Bonchev–Trinajstić information content (AvgIpc) is 2.23. The molecule has 1 aliphatic rings. The second-order valence-electron chi connectivity index (χ2n) is 4.30. The molecule has 3 nitrogen and oxygen atoms in total. The van der Waals surface area contributed by atoms with Crippen LogP contribution >= 0.6 is 11.6 Å². The third-order valence-electron chi connectivity index (χ3n) is 3.04. The molecule has 0 aromatic carbocycles. The lowest BCUT2D eigenvalue weighted by atomic mass is 9.90. The van der Waals surface area contributed by atoms with Gasteiger partial charge in [-0.25, -0.2) is 9.99 Å². The van der Waals surface area contributed by atoms with Crippen LogP contribution in [0.3, 0.4) is 0 Å². The van der Waals surface area contributed by atoms with Crippen LogP contribution in [0, 0.1) is 5.92 Å². The monoisotopic (exact) mass is 225 g/mol. The number of hydrogen-bond acceptors (Lipinski definition) is 3. The predicted octanol–water partition coefficient (Wildman–Crippen LogP) is 2.38. The number of nitrogens with zero attached hydrogens (tertiary/aromatic N) is 2. The van der Waals surface area contributed by atoms with Crippen molar-refractivity contribution in [3.8, 4) is 0 Å². The highest BCUT2D eigenvalue weighted by Gasteiger charge is 2.25. The average molecular weight is 226 g/mol. The molecular weight excluding hydrogens is 210 g/mol. The Kier molecular flexibility index (Phi) is 3.24. The van der Waals surface area contributed by atoms with E-state index >= 15 is 0 Å². The lowest BCUT2D eigenvalue weighted by Crippen LogP contribution is -2.41. The number of nitrogens with two attached hydrogens (primary N) is 1. The van der Waals surface area contributed by atoms with Crippen LogP contribution in [-0.4, -0.2) is 16.5 Å². The van der Waals surface area contributed by atoms with Crippen molar-refractivity contribution in [3.05, 3.63) is 29.0 Å². The second kappa shape index (κ2) is 4.47. The molecule has 2 atom stereocenters. The number of hydrogen-bond donors (Lipinski definition) is 1. The molecule has 1 fully saturated rings. The van der Waals surface area contributed by atoms with E-state index in [0.29, 0.717) is 11.2 Å². The summed E-state index contributed by atoms with van der Waals surface area (Å²) in [5.41, 5.74) is 1.16. The first-order valence-electron chi connectivity index (χ1n) is 5.29. The molecule has 0 amide bonds. The maximum absolute atomic E-state index is 5.98. The van der Waals surface area contributed by atoms with E-state index in [1.54, 1.807) is 0 Å². The van der Waals surface area contributed by atoms with Crippen LogP contribution in [0.4, 0.5) is 0 Å². The Hall–Kier alpha value is -0.640. The first kappa shape index (κ1) is 10.9. The van der Waals surface area contributed by atoms with Crippen molar-refractivity contribution < 1.29 is 0 Å². The fourth-order valence-electron chi connectivity index (χ4n) is 2.07. The fraction of sp³-hybridized carbons (Fsp3) is 0.545. The van der Waals surface area contributed by atoms with Gasteiger partial charge in [0.15, 0.2) is 0 Å². The number of hydrazine groups is 1. The van der Waals surface area contributed by atoms with Crippen molar-refractivity contribution >= 4 is 11.6 Å². The summed E-state index contributed by atoms with van der Waals surface area (Å²) in [6.45, 7) is 3.22. The van der Waals surface area contributed by atoms with Crippen LogP contribution < -0.4 is 5.84 Å². The Bertz CT molecular complexity index is 325. The molecule has 2 heterocycles. The first-order chi connectivity index (χ1) is 7.16. The molecule has 0 spiro atoms. The van der Waals surface area contributed by atoms with Crippen molar-refractivity contribution in [1.29, 1.82) is 0 Å². The zero-order chi connectivity index (χ0) is 10.8. The molecule has 0 saturated carbocycles. The van der Waals surface area contributed by atoms with E-state index < -0.39 is 0 Å². The standard InChI is InChI=1S/C11H16ClN3/c1-8-4-5-15(13)10(6-8)9-2-3-11(12)14-7-9/h2-3,7-8,10H,4-6,13H2,1H3/t8-,10-/m1/s1. The molecule has 1 aromatic rings. The Balaban J connectivity index is 2.17. The van der Waals surface area contributed by atoms with E-state index in [1.807, 2.05) is 23.3 Å². The molecule has 2 N–H and O–H groups in total. The van der Waals surface area contributed by atoms with E-state index in [9.17, 15) is 0 Å². The maximum atomic E-state index is 5.98. The van der Waals surface area contributed by atoms with Gasteiger partial charge in [0, 0.05) is 12.7 Å². The molecule has 15 heavy (non-hydrogen) atoms. The quantitative estimate of drug-likeness (QED) is 0.590. The predicted molar refractivity (Wildman–Crippen MR) is 61.3 cm³/mol. The van der Waals surface area contributed by atoms with Gasteiger partial charge in [-0.15, -0.1) is 0 Å². The van der Waals surface area contributed by atoms with Crippen LogP contribution in [0.1, 0.15) is 31.4 Å². The van der Waals surface area contributed by atoms with E-state index in [4.69, 9.17) is 17.4 Å². The lowest BCUT2D eigenvalue weighted by molar-refractivity contribution is 0.119. The van der Waals surface area contributed by atoms with E-state index in [1.165, 1.54) is 6.42 Å². The summed E-state index contributed by atoms with van der Waals surface area (Å²) in [6.07, 6.45) is 4.10. The topological polar surface area (TPSA) is 42.1 Å². The SMILES string of the molecule is C[C@@H]1CCN(N)[C@@H](c2ccc(Cl)nc2)C1. The molecule has 1 aliphatic heterocycles. The van der Waals surface area contributed by atoms with Gasteiger partial charge in [0.25, 0.3) is 0 Å². The highest BCUT2D eigenvalue weighted by Crippen LogP contribution is 2.31. The molecule has 0 unspecified atom stereocenters. The highest BCUT2D eigenvalue weighted by atomic mass is 35.5. The zero-order valence-corrected chi connectivity index (χ0v) is 9.61. The van der Waals surface area contributed by atoms with E-state index in [0.717, 1.165) is 24.4 Å². The fourth-order valence-corrected chi connectivity index (χ4v) is 2.18. The van der Waals surface area contributed by atoms with Crippen molar-refractivity contribution in [2.24, 2.45) is 11.8 Å². The minimum atomic E-state index is 0.290. The van der Waals surface area contributed by atoms with Gasteiger partial charge in [-0.2, -0.15) is 0 Å². The minimum Gasteiger partial charge on any atom is -0.268 e. The Morgan fingerprint density at radius 3 is 3.00 bits per heavy atom. The first-order valence-corrected chi connectivity index (χ1v) is 5.67. The Morgan fingerprint density at radius 2 is 2.33 bits per heavy atom. The summed E-state index contributed by atoms with van der Waals surface area (Å²) in [5, 5.41) is 2.44. The van der Waals surface area contributed by atoms with Gasteiger partial charge >= 0.3 is 0 Å². The molecule has 82 valence electrons. The third kappa shape index (κ3) is 2.48. The van der Waals surface area contributed by atoms with Gasteiger partial charge in [-0.05, 0) is 30.4 Å². The van der Waals surface area contributed by atoms with Gasteiger partial charge in [-0.3, -0.25) is 5.84 Å². The van der Waals surface area contributed by atoms with Crippen LogP contribution in [0.2, 0.25) is 5.15 Å². The van der Waals surface area contributed by atoms with Crippen LogP contribution in [0.25, 0.3) is 0 Å². The minimum absolute atomic E-state index is 0.290. The molecular formula is C11H16ClN3. The van der Waals surface area contributed by atoms with E-state index in [-0.39, 0.29) is 0 Å². The largest absolute Gasteiger partial charge is 0.268 e. The Labute approximate surface area is 95.2 Å². The molecule has 1 saturated heterocycles. The summed E-state index contributed by atoms with van der Waals surface area (Å²) < 4.78 is 0. The van der Waals surface area contributed by atoms with Crippen LogP contribution in [-0.2, 0) is 0 Å². The van der Waals surface area contributed by atoms with Crippen LogP contribution in [0.5, 0.6) is 0 Å². The number of aromatic nitrogens is 1. The summed E-state index contributed by atoms with van der Waals surface area (Å²) >= 11 is 5.76. The number of rotatable bonds is 1. The normalized spacial score (nSPS) is 27.9. The molecule has 2 rings (SSSR count). The van der Waals surface area contributed by atoms with Gasteiger partial charge in [0.05, 0.1) is 6.04 Å². The number of pyridine rings is 1. The van der Waals surface area contributed by atoms with Crippen molar-refractivity contribution in [2.45, 2.75) is 25.8 Å². The summed E-state index contributed by atoms with van der Waals surface area (Å²) in [5.74, 6) is 6.71. The van der Waals surface area contributed by atoms with Crippen molar-refractivity contribution in [3.63, 3.8) is 0 Å². The zero-order valence-electron chi connectivity index (χ0n) is 8.86. The van der Waals surface area contributed by atoms with E-state index in [2.05, 4.69) is 11.9 Å². The van der Waals surface area contributed by atoms with Gasteiger partial charge < -0.3 is 0 Å². The van der Waals surface area contributed by atoms with Crippen LogP contribution in [0.15, 0.2) is 18.3 Å². The lowest BCUT2D eigenvalue weighted by Gasteiger charge is -2.35. The number of halogens is 1. The smallest absolute Gasteiger partial charge is 0.129 e. The summed E-state index contributed by atoms with van der Waals surface area (Å²) in [7, 11) is 0. The Morgan fingerprint density at radius 1 is 1.53 bits per heavy atom. The highest BCUT2D eigenvalue weighted by molar-refractivity contribution is 6.29. The molecule has 1 aromatic heterocycles. The summed E-state index contributed by atoms with van der Waals surface area (Å²) in [6, 6.07) is 4.13. The van der Waals surface area contributed by atoms with Crippen molar-refractivity contribution in [2.75, 3.05) is 6.54 Å². The van der Waals surface area contributed by atoms with Gasteiger partial charge in [0.1, 0.15) is 5.15 Å². The molecule has 0 bridgehead atoms. The third-order valence-corrected chi connectivity index (χ3v) is 3.26. The molecule has 0 radical (unpaired) electrons. The molecule has 0 aliphatic carbocycles. The number of piperidine rings is 1. The van der Waals surface area contributed by atoms with Crippen molar-refractivity contribution in [1.82, 2.24) is 9.99 Å².